The molecular weight excluding hydrogens is 258 g/mol. The van der Waals surface area contributed by atoms with E-state index in [9.17, 15) is 0 Å². The zero-order chi connectivity index (χ0) is 14.2. The fraction of sp³-hybridized carbons (Fsp3) is 0. The fourth-order valence-electron chi connectivity index (χ4n) is 2.62. The van der Waals surface area contributed by atoms with Gasteiger partial charge in [0.25, 0.3) is 0 Å². The number of rotatable bonds is 1. The molecule has 4 aromatic rings. The van der Waals surface area contributed by atoms with Crippen LogP contribution in [0.4, 0.5) is 5.82 Å². The first-order valence-corrected chi connectivity index (χ1v) is 6.81. The highest BCUT2D eigenvalue weighted by molar-refractivity contribution is 5.94. The Balaban J connectivity index is 1.95. The predicted octanol–water partition coefficient (Wildman–Crippen LogP) is 4.03. The molecule has 0 atom stereocenters. The summed E-state index contributed by atoms with van der Waals surface area (Å²) in [6.45, 7) is 0. The maximum Gasteiger partial charge on any atom is 0.132 e. The van der Waals surface area contributed by atoms with Crippen molar-refractivity contribution in [2.45, 2.75) is 0 Å². The van der Waals surface area contributed by atoms with Crippen molar-refractivity contribution in [3.63, 3.8) is 0 Å². The molecule has 0 aliphatic rings. The molecule has 0 aliphatic carbocycles. The number of fused-ring (bicyclic) bond motifs is 2. The molecule has 3 heteroatoms. The molecule has 2 aromatic carbocycles. The Labute approximate surface area is 122 Å². The number of benzene rings is 2. The fourth-order valence-corrected chi connectivity index (χ4v) is 2.62. The molecule has 0 fully saturated rings. The van der Waals surface area contributed by atoms with Crippen LogP contribution >= 0.6 is 0 Å². The molecule has 2 N–H and O–H groups in total. The summed E-state index contributed by atoms with van der Waals surface area (Å²) in [5.41, 5.74) is 8.00. The number of aromatic nitrogens is 2. The first kappa shape index (κ1) is 11.9. The molecule has 0 saturated carbocycles. The van der Waals surface area contributed by atoms with E-state index in [0.29, 0.717) is 5.82 Å². The van der Waals surface area contributed by atoms with Crippen molar-refractivity contribution in [3.8, 4) is 11.3 Å². The molecule has 0 radical (unpaired) electrons. The summed E-state index contributed by atoms with van der Waals surface area (Å²) in [4.78, 5) is 8.68. The third kappa shape index (κ3) is 1.99. The van der Waals surface area contributed by atoms with Crippen molar-refractivity contribution in [3.05, 3.63) is 67.0 Å². The Morgan fingerprint density at radius 1 is 0.810 bits per heavy atom. The van der Waals surface area contributed by atoms with Crippen LogP contribution in [-0.4, -0.2) is 9.97 Å². The molecule has 21 heavy (non-hydrogen) atoms. The molecule has 100 valence electrons. The minimum atomic E-state index is 0.540. The first-order valence-electron chi connectivity index (χ1n) is 6.81. The van der Waals surface area contributed by atoms with Crippen LogP contribution in [0.3, 0.4) is 0 Å². The molecule has 3 nitrogen and oxygen atoms in total. The normalized spacial score (nSPS) is 11.0. The second-order valence-corrected chi connectivity index (χ2v) is 5.05. The maximum atomic E-state index is 6.07. The average molecular weight is 271 g/mol. The highest BCUT2D eigenvalue weighted by Crippen LogP contribution is 2.27. The number of nitrogens with two attached hydrogens (primary N) is 1. The van der Waals surface area contributed by atoms with Gasteiger partial charge >= 0.3 is 0 Å². The van der Waals surface area contributed by atoms with Gasteiger partial charge in [-0.2, -0.15) is 0 Å². The van der Waals surface area contributed by atoms with Gasteiger partial charge in [0.15, 0.2) is 0 Å². The van der Waals surface area contributed by atoms with Crippen LogP contribution in [0.25, 0.3) is 32.8 Å². The van der Waals surface area contributed by atoms with Crippen molar-refractivity contribution in [1.29, 1.82) is 0 Å². The number of nitrogens with zero attached hydrogens (tertiary/aromatic N) is 2. The molecule has 4 rings (SSSR count). The summed E-state index contributed by atoms with van der Waals surface area (Å²) in [5.74, 6) is 0.540. The van der Waals surface area contributed by atoms with E-state index in [4.69, 9.17) is 5.73 Å². The number of hydrogen-bond acceptors (Lipinski definition) is 3. The largest absolute Gasteiger partial charge is 0.383 e. The molecule has 0 amide bonds. The zero-order valence-electron chi connectivity index (χ0n) is 11.3. The SMILES string of the molecule is Nc1nc(-c2ccc3ccccc3c2)cc2cnccc12. The summed E-state index contributed by atoms with van der Waals surface area (Å²) in [6, 6.07) is 18.5. The second-order valence-electron chi connectivity index (χ2n) is 5.05. The molecule has 0 bridgehead atoms. The van der Waals surface area contributed by atoms with Gasteiger partial charge in [-0.1, -0.05) is 36.4 Å². The van der Waals surface area contributed by atoms with E-state index in [2.05, 4.69) is 40.3 Å². The topological polar surface area (TPSA) is 51.8 Å². The zero-order valence-corrected chi connectivity index (χ0v) is 11.3. The average Bonchev–Trinajstić information content (AvgIpc) is 2.54. The van der Waals surface area contributed by atoms with Crippen molar-refractivity contribution >= 4 is 27.4 Å². The van der Waals surface area contributed by atoms with Crippen LogP contribution in [0.15, 0.2) is 67.0 Å². The van der Waals surface area contributed by atoms with Gasteiger partial charge in [-0.3, -0.25) is 4.98 Å². The van der Waals surface area contributed by atoms with E-state index in [0.717, 1.165) is 22.0 Å². The molecule has 2 aromatic heterocycles. The summed E-state index contributed by atoms with van der Waals surface area (Å²) >= 11 is 0. The lowest BCUT2D eigenvalue weighted by molar-refractivity contribution is 1.33. The quantitative estimate of drug-likeness (QED) is 0.568. The van der Waals surface area contributed by atoms with Crippen LogP contribution in [0.2, 0.25) is 0 Å². The summed E-state index contributed by atoms with van der Waals surface area (Å²) < 4.78 is 0. The van der Waals surface area contributed by atoms with Crippen molar-refractivity contribution in [1.82, 2.24) is 9.97 Å². The Hall–Kier alpha value is -2.94. The number of nitrogen functional groups attached to an aromatic ring is 1. The smallest absolute Gasteiger partial charge is 0.132 e. The molecule has 0 aliphatic heterocycles. The Morgan fingerprint density at radius 2 is 1.67 bits per heavy atom. The molecule has 0 unspecified atom stereocenters. The van der Waals surface area contributed by atoms with Gasteiger partial charge in [-0.15, -0.1) is 0 Å². The summed E-state index contributed by atoms with van der Waals surface area (Å²) in [6.07, 6.45) is 3.55. The Kier molecular flexibility index (Phi) is 2.57. The van der Waals surface area contributed by atoms with Crippen molar-refractivity contribution in [2.75, 3.05) is 5.73 Å². The minimum Gasteiger partial charge on any atom is -0.383 e. The van der Waals surface area contributed by atoms with Gasteiger partial charge in [-0.25, -0.2) is 4.98 Å². The summed E-state index contributed by atoms with van der Waals surface area (Å²) in [7, 11) is 0. The van der Waals surface area contributed by atoms with E-state index in [1.165, 1.54) is 10.8 Å². The summed E-state index contributed by atoms with van der Waals surface area (Å²) in [5, 5.41) is 4.36. The molecular formula is C18H13N3. The van der Waals surface area contributed by atoms with E-state index in [1.54, 1.807) is 6.20 Å². The van der Waals surface area contributed by atoms with E-state index >= 15 is 0 Å². The van der Waals surface area contributed by atoms with E-state index < -0.39 is 0 Å². The third-order valence-electron chi connectivity index (χ3n) is 3.71. The van der Waals surface area contributed by atoms with Gasteiger partial charge in [0.05, 0.1) is 5.69 Å². The van der Waals surface area contributed by atoms with Gasteiger partial charge in [0.2, 0.25) is 0 Å². The molecule has 0 saturated heterocycles. The lowest BCUT2D eigenvalue weighted by Gasteiger charge is -2.07. The standard InChI is InChI=1S/C18H13N3/c19-18-16-7-8-20-11-15(16)10-17(21-18)14-6-5-12-3-1-2-4-13(12)9-14/h1-11H,(H2,19,21). The van der Waals surface area contributed by atoms with Gasteiger partial charge < -0.3 is 5.73 Å². The van der Waals surface area contributed by atoms with Gasteiger partial charge in [0.1, 0.15) is 5.82 Å². The van der Waals surface area contributed by atoms with E-state index in [1.807, 2.05) is 30.5 Å². The van der Waals surface area contributed by atoms with Gasteiger partial charge in [0, 0.05) is 28.7 Å². The highest BCUT2D eigenvalue weighted by Gasteiger charge is 2.06. The Morgan fingerprint density at radius 3 is 2.57 bits per heavy atom. The van der Waals surface area contributed by atoms with Crippen molar-refractivity contribution < 1.29 is 0 Å². The molecule has 2 heterocycles. The first-order chi connectivity index (χ1) is 10.3. The number of anilines is 1. The van der Waals surface area contributed by atoms with Gasteiger partial charge in [-0.05, 0) is 29.0 Å². The van der Waals surface area contributed by atoms with Crippen LogP contribution in [0.5, 0.6) is 0 Å². The van der Waals surface area contributed by atoms with Crippen LogP contribution in [-0.2, 0) is 0 Å². The highest BCUT2D eigenvalue weighted by atomic mass is 14.8. The second kappa shape index (κ2) is 4.56. The lowest BCUT2D eigenvalue weighted by atomic mass is 10.0. The third-order valence-corrected chi connectivity index (χ3v) is 3.71. The van der Waals surface area contributed by atoms with Crippen LogP contribution in [0.1, 0.15) is 0 Å². The minimum absolute atomic E-state index is 0.540. The van der Waals surface area contributed by atoms with Crippen LogP contribution < -0.4 is 5.73 Å². The van der Waals surface area contributed by atoms with Crippen LogP contribution in [0, 0.1) is 0 Å². The van der Waals surface area contributed by atoms with Crippen molar-refractivity contribution in [2.24, 2.45) is 0 Å². The Bertz CT molecular complexity index is 961. The lowest BCUT2D eigenvalue weighted by Crippen LogP contribution is -1.94. The number of pyridine rings is 2. The monoisotopic (exact) mass is 271 g/mol. The predicted molar refractivity (Wildman–Crippen MR) is 86.9 cm³/mol. The number of hydrogen-bond donors (Lipinski definition) is 1. The van der Waals surface area contributed by atoms with E-state index in [-0.39, 0.29) is 0 Å². The molecule has 0 spiro atoms. The maximum absolute atomic E-state index is 6.07.